The summed E-state index contributed by atoms with van der Waals surface area (Å²) in [5.41, 5.74) is 3.01. The van der Waals surface area contributed by atoms with Crippen LogP contribution in [-0.2, 0) is 9.84 Å². The molecule has 11 heteroatoms. The standard InChI is InChI=1S/C30H37N7O3S/c1-31-16-17-32-21-14-18-37(19-15-21)22-12-13-25(27(20-22)40-2)35-30-34-24-9-5-4-8-23(24)29(36-30)33-26-10-6-7-11-28(26)41(3,38)39/h4-13,20-21,31-32H,14-19H2,1-3H3,(H2,33,34,35,36). The van der Waals surface area contributed by atoms with Crippen molar-refractivity contribution >= 4 is 49.6 Å². The van der Waals surface area contributed by atoms with Gasteiger partial charge in [0.2, 0.25) is 5.95 Å². The van der Waals surface area contributed by atoms with E-state index in [0.29, 0.717) is 34.8 Å². The second kappa shape index (κ2) is 12.7. The lowest BCUT2D eigenvalue weighted by molar-refractivity contribution is 0.410. The second-order valence-corrected chi connectivity index (χ2v) is 12.1. The van der Waals surface area contributed by atoms with Crippen molar-refractivity contribution in [2.24, 2.45) is 0 Å². The summed E-state index contributed by atoms with van der Waals surface area (Å²) in [6, 6.07) is 21.0. The highest BCUT2D eigenvalue weighted by atomic mass is 32.2. The number of ether oxygens (including phenoxy) is 1. The maximum absolute atomic E-state index is 12.4. The SMILES string of the molecule is CNCCNC1CCN(c2ccc(Nc3nc(Nc4ccccc4S(C)(=O)=O)c4ccccc4n3)c(OC)c2)CC1. The van der Waals surface area contributed by atoms with Crippen molar-refractivity contribution in [2.75, 3.05) is 62.1 Å². The number of hydrogen-bond donors (Lipinski definition) is 4. The van der Waals surface area contributed by atoms with Gasteiger partial charge >= 0.3 is 0 Å². The van der Waals surface area contributed by atoms with E-state index in [0.717, 1.165) is 55.8 Å². The van der Waals surface area contributed by atoms with Crippen LogP contribution in [0.5, 0.6) is 5.75 Å². The van der Waals surface area contributed by atoms with Crippen molar-refractivity contribution in [2.45, 2.75) is 23.8 Å². The first-order valence-corrected chi connectivity index (χ1v) is 15.7. The first-order valence-electron chi connectivity index (χ1n) is 13.8. The van der Waals surface area contributed by atoms with Gasteiger partial charge < -0.3 is 30.9 Å². The highest BCUT2D eigenvalue weighted by Crippen LogP contribution is 2.34. The maximum atomic E-state index is 12.4. The number of benzene rings is 3. The molecule has 41 heavy (non-hydrogen) atoms. The zero-order valence-corrected chi connectivity index (χ0v) is 24.5. The van der Waals surface area contributed by atoms with E-state index in [9.17, 15) is 8.42 Å². The molecule has 0 bridgehead atoms. The van der Waals surface area contributed by atoms with Gasteiger partial charge in [0, 0.05) is 55.6 Å². The summed E-state index contributed by atoms with van der Waals surface area (Å²) in [6.07, 6.45) is 3.38. The topological polar surface area (TPSA) is 121 Å². The monoisotopic (exact) mass is 575 g/mol. The molecule has 0 atom stereocenters. The molecular formula is C30H37N7O3S. The fourth-order valence-corrected chi connectivity index (χ4v) is 5.94. The Hall–Kier alpha value is -3.93. The number of sulfone groups is 1. The maximum Gasteiger partial charge on any atom is 0.229 e. The number of rotatable bonds is 11. The highest BCUT2D eigenvalue weighted by Gasteiger charge is 2.20. The van der Waals surface area contributed by atoms with Crippen molar-refractivity contribution in [3.8, 4) is 5.75 Å². The fourth-order valence-electron chi connectivity index (χ4n) is 5.09. The van der Waals surface area contributed by atoms with Gasteiger partial charge in [0.15, 0.2) is 9.84 Å². The summed E-state index contributed by atoms with van der Waals surface area (Å²) in [5.74, 6) is 1.55. The molecule has 0 unspecified atom stereocenters. The van der Waals surface area contributed by atoms with Gasteiger partial charge in [0.1, 0.15) is 11.6 Å². The summed E-state index contributed by atoms with van der Waals surface area (Å²) in [5, 5.41) is 14.1. The van der Waals surface area contributed by atoms with Crippen LogP contribution < -0.4 is 30.9 Å². The summed E-state index contributed by atoms with van der Waals surface area (Å²) < 4.78 is 30.5. The number of methoxy groups -OCH3 is 1. The molecule has 216 valence electrons. The molecule has 1 aromatic heterocycles. The molecule has 4 aromatic rings. The Labute approximate surface area is 241 Å². The van der Waals surface area contributed by atoms with Crippen LogP contribution in [0.15, 0.2) is 71.6 Å². The van der Waals surface area contributed by atoms with Crippen LogP contribution in [0.2, 0.25) is 0 Å². The van der Waals surface area contributed by atoms with Crippen molar-refractivity contribution < 1.29 is 13.2 Å². The zero-order chi connectivity index (χ0) is 28.8. The second-order valence-electron chi connectivity index (χ2n) is 10.1. The van der Waals surface area contributed by atoms with Crippen LogP contribution in [0.25, 0.3) is 10.9 Å². The lowest BCUT2D eigenvalue weighted by atomic mass is 10.0. The number of anilines is 5. The van der Waals surface area contributed by atoms with Crippen molar-refractivity contribution in [3.05, 3.63) is 66.7 Å². The molecule has 1 aliphatic rings. The number of piperidine rings is 1. The van der Waals surface area contributed by atoms with E-state index in [1.165, 1.54) is 6.26 Å². The van der Waals surface area contributed by atoms with Crippen molar-refractivity contribution in [1.82, 2.24) is 20.6 Å². The minimum absolute atomic E-state index is 0.201. The molecule has 0 amide bonds. The first-order chi connectivity index (χ1) is 19.9. The van der Waals surface area contributed by atoms with Crippen LogP contribution >= 0.6 is 0 Å². The van der Waals surface area contributed by atoms with Gasteiger partial charge in [0.25, 0.3) is 0 Å². The summed E-state index contributed by atoms with van der Waals surface area (Å²) in [6.45, 7) is 3.90. The molecule has 3 aromatic carbocycles. The third-order valence-corrected chi connectivity index (χ3v) is 8.40. The smallest absolute Gasteiger partial charge is 0.229 e. The number of nitrogens with one attached hydrogen (secondary N) is 4. The van der Waals surface area contributed by atoms with Crippen LogP contribution in [0.3, 0.4) is 0 Å². The number of fused-ring (bicyclic) bond motifs is 1. The lowest BCUT2D eigenvalue weighted by Crippen LogP contribution is -2.44. The van der Waals surface area contributed by atoms with Gasteiger partial charge in [-0.2, -0.15) is 4.98 Å². The van der Waals surface area contributed by atoms with Gasteiger partial charge in [-0.05, 0) is 56.3 Å². The van der Waals surface area contributed by atoms with Crippen molar-refractivity contribution in [3.63, 3.8) is 0 Å². The molecule has 0 saturated carbocycles. The Bertz CT molecular complexity index is 1610. The Kier molecular flexibility index (Phi) is 8.87. The third kappa shape index (κ3) is 6.87. The Morgan fingerprint density at radius 2 is 1.68 bits per heavy atom. The summed E-state index contributed by atoms with van der Waals surface area (Å²) in [4.78, 5) is 12.0. The minimum atomic E-state index is -3.44. The Morgan fingerprint density at radius 3 is 2.44 bits per heavy atom. The molecule has 10 nitrogen and oxygen atoms in total. The first kappa shape index (κ1) is 28.6. The van der Waals surface area contributed by atoms with Gasteiger partial charge in [-0.25, -0.2) is 13.4 Å². The normalized spacial score (nSPS) is 14.3. The van der Waals surface area contributed by atoms with Crippen LogP contribution in [0.1, 0.15) is 12.8 Å². The number of para-hydroxylation sites is 2. The van der Waals surface area contributed by atoms with Gasteiger partial charge in [-0.1, -0.05) is 24.3 Å². The highest BCUT2D eigenvalue weighted by molar-refractivity contribution is 7.90. The average Bonchev–Trinajstić information content (AvgIpc) is 2.98. The van der Waals surface area contributed by atoms with Crippen molar-refractivity contribution in [1.29, 1.82) is 0 Å². The van der Waals surface area contributed by atoms with E-state index in [4.69, 9.17) is 14.7 Å². The van der Waals surface area contributed by atoms with Gasteiger partial charge in [0.05, 0.1) is 28.9 Å². The van der Waals surface area contributed by atoms with Crippen LogP contribution in [0.4, 0.5) is 28.8 Å². The van der Waals surface area contributed by atoms with E-state index in [-0.39, 0.29) is 4.90 Å². The summed E-state index contributed by atoms with van der Waals surface area (Å²) in [7, 11) is 0.178. The third-order valence-electron chi connectivity index (χ3n) is 7.24. The number of nitrogens with zero attached hydrogens (tertiary/aromatic N) is 3. The Morgan fingerprint density at radius 1 is 0.927 bits per heavy atom. The molecule has 0 radical (unpaired) electrons. The van der Waals surface area contributed by atoms with E-state index in [2.05, 4.69) is 32.2 Å². The predicted octanol–water partition coefficient (Wildman–Crippen LogP) is 4.31. The Balaban J connectivity index is 1.38. The van der Waals surface area contributed by atoms with Crippen LogP contribution in [-0.4, -0.2) is 71.0 Å². The van der Waals surface area contributed by atoms with E-state index in [1.54, 1.807) is 31.4 Å². The van der Waals surface area contributed by atoms with E-state index in [1.807, 2.05) is 43.4 Å². The van der Waals surface area contributed by atoms with Crippen LogP contribution in [0, 0.1) is 0 Å². The molecule has 4 N–H and O–H groups in total. The molecule has 1 saturated heterocycles. The lowest BCUT2D eigenvalue weighted by Gasteiger charge is -2.34. The van der Waals surface area contributed by atoms with Gasteiger partial charge in [-0.15, -0.1) is 0 Å². The molecule has 0 spiro atoms. The summed E-state index contributed by atoms with van der Waals surface area (Å²) >= 11 is 0. The van der Waals surface area contributed by atoms with E-state index < -0.39 is 9.84 Å². The van der Waals surface area contributed by atoms with E-state index >= 15 is 0 Å². The predicted molar refractivity (Wildman–Crippen MR) is 166 cm³/mol. The quantitative estimate of drug-likeness (QED) is 0.193. The fraction of sp³-hybridized carbons (Fsp3) is 0.333. The van der Waals surface area contributed by atoms with Gasteiger partial charge in [-0.3, -0.25) is 0 Å². The molecule has 1 fully saturated rings. The molecular weight excluding hydrogens is 538 g/mol. The minimum Gasteiger partial charge on any atom is -0.494 e. The molecule has 2 heterocycles. The number of likely N-dealkylation sites (N-methyl/N-ethyl adjacent to an activating group) is 1. The average molecular weight is 576 g/mol. The number of hydrogen-bond acceptors (Lipinski definition) is 10. The largest absolute Gasteiger partial charge is 0.494 e. The zero-order valence-electron chi connectivity index (χ0n) is 23.6. The molecule has 0 aliphatic carbocycles. The number of aromatic nitrogens is 2. The molecule has 5 rings (SSSR count). The molecule has 1 aliphatic heterocycles.